The molecule has 1 amide bonds. The first-order chi connectivity index (χ1) is 9.47. The average Bonchev–Trinajstić information content (AvgIpc) is 2.41. The second-order valence-electron chi connectivity index (χ2n) is 4.06. The van der Waals surface area contributed by atoms with Gasteiger partial charge in [-0.3, -0.25) is 9.78 Å². The number of halogens is 1. The lowest BCUT2D eigenvalue weighted by molar-refractivity contribution is 0.102. The summed E-state index contributed by atoms with van der Waals surface area (Å²) in [5.41, 5.74) is 6.61. The van der Waals surface area contributed by atoms with Crippen LogP contribution in [0.1, 0.15) is 21.7 Å². The number of rotatable bonds is 3. The van der Waals surface area contributed by atoms with E-state index < -0.39 is 11.7 Å². The molecule has 0 aliphatic heterocycles. The summed E-state index contributed by atoms with van der Waals surface area (Å²) in [4.78, 5) is 19.8. The Morgan fingerprint density at radius 1 is 1.35 bits per heavy atom. The number of carbonyl (C=O) groups is 1. The SMILES string of the molecule is Cc1cnc(C(=O)Nc2ccc(C(N)=S)cc2F)cn1. The van der Waals surface area contributed by atoms with Crippen LogP contribution in [0, 0.1) is 12.7 Å². The largest absolute Gasteiger partial charge is 0.389 e. The quantitative estimate of drug-likeness (QED) is 0.843. The molecule has 0 aliphatic rings. The number of hydrogen-bond acceptors (Lipinski definition) is 4. The molecule has 0 radical (unpaired) electrons. The van der Waals surface area contributed by atoms with Crippen molar-refractivity contribution >= 4 is 28.8 Å². The summed E-state index contributed by atoms with van der Waals surface area (Å²) in [5, 5.41) is 2.41. The van der Waals surface area contributed by atoms with Gasteiger partial charge in [0.25, 0.3) is 5.91 Å². The first-order valence-corrected chi connectivity index (χ1v) is 6.07. The number of nitrogens with one attached hydrogen (secondary N) is 1. The Morgan fingerprint density at radius 2 is 2.10 bits per heavy atom. The van der Waals surface area contributed by atoms with Crippen LogP contribution >= 0.6 is 12.2 Å². The van der Waals surface area contributed by atoms with Gasteiger partial charge in [0.15, 0.2) is 0 Å². The Bertz CT molecular complexity index is 673. The van der Waals surface area contributed by atoms with Gasteiger partial charge in [-0.25, -0.2) is 9.37 Å². The van der Waals surface area contributed by atoms with Gasteiger partial charge in [-0.05, 0) is 25.1 Å². The summed E-state index contributed by atoms with van der Waals surface area (Å²) in [6.07, 6.45) is 2.78. The average molecular weight is 290 g/mol. The fourth-order valence-corrected chi connectivity index (χ4v) is 1.59. The highest BCUT2D eigenvalue weighted by Gasteiger charge is 2.11. The van der Waals surface area contributed by atoms with Crippen molar-refractivity contribution in [3.63, 3.8) is 0 Å². The van der Waals surface area contributed by atoms with Gasteiger partial charge in [0.2, 0.25) is 0 Å². The number of nitrogens with two attached hydrogens (primary N) is 1. The highest BCUT2D eigenvalue weighted by atomic mass is 32.1. The lowest BCUT2D eigenvalue weighted by atomic mass is 10.2. The number of anilines is 1. The molecule has 7 heteroatoms. The van der Waals surface area contributed by atoms with Crippen molar-refractivity contribution in [2.45, 2.75) is 6.92 Å². The van der Waals surface area contributed by atoms with Crippen molar-refractivity contribution in [2.75, 3.05) is 5.32 Å². The van der Waals surface area contributed by atoms with Gasteiger partial charge in [0.1, 0.15) is 16.5 Å². The summed E-state index contributed by atoms with van der Waals surface area (Å²) in [6, 6.07) is 4.09. The van der Waals surface area contributed by atoms with Gasteiger partial charge in [0.05, 0.1) is 17.6 Å². The number of nitrogens with zero attached hydrogens (tertiary/aromatic N) is 2. The number of aryl methyl sites for hydroxylation is 1. The standard InChI is InChI=1S/C13H11FN4OS/c1-7-5-17-11(6-16-7)13(19)18-10-3-2-8(12(15)20)4-9(10)14/h2-6H,1H3,(H2,15,20)(H,18,19). The minimum atomic E-state index is -0.622. The van der Waals surface area contributed by atoms with Crippen LogP contribution in [0.2, 0.25) is 0 Å². The molecule has 1 heterocycles. The number of carbonyl (C=O) groups excluding carboxylic acids is 1. The second kappa shape index (κ2) is 5.70. The summed E-state index contributed by atoms with van der Waals surface area (Å²) in [5.74, 6) is -1.16. The first-order valence-electron chi connectivity index (χ1n) is 5.66. The molecule has 0 spiro atoms. The maximum absolute atomic E-state index is 13.8. The minimum Gasteiger partial charge on any atom is -0.389 e. The van der Waals surface area contributed by atoms with E-state index >= 15 is 0 Å². The molecule has 0 saturated carbocycles. The lowest BCUT2D eigenvalue weighted by Crippen LogP contribution is -2.16. The molecule has 0 aliphatic carbocycles. The van der Waals surface area contributed by atoms with Crippen molar-refractivity contribution in [1.29, 1.82) is 0 Å². The fraction of sp³-hybridized carbons (Fsp3) is 0.0769. The Balaban J connectivity index is 2.19. The molecule has 0 unspecified atom stereocenters. The van der Waals surface area contributed by atoms with Crippen LogP contribution in [-0.2, 0) is 0 Å². The van der Waals surface area contributed by atoms with E-state index in [4.69, 9.17) is 18.0 Å². The zero-order chi connectivity index (χ0) is 14.7. The van der Waals surface area contributed by atoms with E-state index in [1.165, 1.54) is 30.6 Å². The van der Waals surface area contributed by atoms with Crippen molar-refractivity contribution in [1.82, 2.24) is 9.97 Å². The molecule has 2 rings (SSSR count). The molecule has 3 N–H and O–H groups in total. The van der Waals surface area contributed by atoms with Gasteiger partial charge in [-0.15, -0.1) is 0 Å². The van der Waals surface area contributed by atoms with Gasteiger partial charge in [-0.2, -0.15) is 0 Å². The Labute approximate surface area is 120 Å². The van der Waals surface area contributed by atoms with Crippen molar-refractivity contribution in [3.8, 4) is 0 Å². The third-order valence-electron chi connectivity index (χ3n) is 2.52. The Morgan fingerprint density at radius 3 is 2.65 bits per heavy atom. The molecule has 2 aromatic rings. The van der Waals surface area contributed by atoms with Crippen LogP contribution in [0.15, 0.2) is 30.6 Å². The van der Waals surface area contributed by atoms with Gasteiger partial charge in [-0.1, -0.05) is 12.2 Å². The smallest absolute Gasteiger partial charge is 0.275 e. The zero-order valence-corrected chi connectivity index (χ0v) is 11.4. The van der Waals surface area contributed by atoms with Crippen LogP contribution in [0.5, 0.6) is 0 Å². The number of aromatic nitrogens is 2. The van der Waals surface area contributed by atoms with E-state index in [1.807, 2.05) is 0 Å². The predicted molar refractivity (Wildman–Crippen MR) is 77.0 cm³/mol. The second-order valence-corrected chi connectivity index (χ2v) is 4.50. The van der Waals surface area contributed by atoms with Crippen LogP contribution in [0.3, 0.4) is 0 Å². The van der Waals surface area contributed by atoms with Crippen LogP contribution in [0.25, 0.3) is 0 Å². The van der Waals surface area contributed by atoms with E-state index in [2.05, 4.69) is 15.3 Å². The number of thiocarbonyl (C=S) groups is 1. The van der Waals surface area contributed by atoms with Crippen molar-refractivity contribution in [2.24, 2.45) is 5.73 Å². The predicted octanol–water partition coefficient (Wildman–Crippen LogP) is 1.81. The molecule has 1 aromatic heterocycles. The number of benzene rings is 1. The minimum absolute atomic E-state index is 0.0253. The third kappa shape index (κ3) is 3.12. The summed E-state index contributed by atoms with van der Waals surface area (Å²) in [7, 11) is 0. The van der Waals surface area contributed by atoms with E-state index in [9.17, 15) is 9.18 Å². The monoisotopic (exact) mass is 290 g/mol. The maximum Gasteiger partial charge on any atom is 0.275 e. The Hall–Kier alpha value is -2.41. The molecule has 20 heavy (non-hydrogen) atoms. The number of hydrogen-bond donors (Lipinski definition) is 2. The molecular formula is C13H11FN4OS. The summed E-state index contributed by atoms with van der Waals surface area (Å²) in [6.45, 7) is 1.75. The van der Waals surface area contributed by atoms with E-state index in [-0.39, 0.29) is 16.4 Å². The maximum atomic E-state index is 13.8. The number of amides is 1. The molecule has 5 nitrogen and oxygen atoms in total. The van der Waals surface area contributed by atoms with Gasteiger partial charge in [0, 0.05) is 11.8 Å². The van der Waals surface area contributed by atoms with E-state index in [1.54, 1.807) is 6.92 Å². The Kier molecular flexibility index (Phi) is 3.99. The molecule has 0 atom stereocenters. The topological polar surface area (TPSA) is 80.9 Å². The molecular weight excluding hydrogens is 279 g/mol. The summed E-state index contributed by atoms with van der Waals surface area (Å²) < 4.78 is 13.8. The molecule has 1 aromatic carbocycles. The van der Waals surface area contributed by atoms with Crippen LogP contribution < -0.4 is 11.1 Å². The van der Waals surface area contributed by atoms with Crippen LogP contribution in [-0.4, -0.2) is 20.9 Å². The van der Waals surface area contributed by atoms with E-state index in [0.29, 0.717) is 11.3 Å². The highest BCUT2D eigenvalue weighted by Crippen LogP contribution is 2.16. The van der Waals surface area contributed by atoms with Crippen molar-refractivity contribution in [3.05, 3.63) is 53.4 Å². The molecule has 0 saturated heterocycles. The van der Waals surface area contributed by atoms with Gasteiger partial charge < -0.3 is 11.1 Å². The highest BCUT2D eigenvalue weighted by molar-refractivity contribution is 7.80. The van der Waals surface area contributed by atoms with Crippen molar-refractivity contribution < 1.29 is 9.18 Å². The summed E-state index contributed by atoms with van der Waals surface area (Å²) >= 11 is 4.75. The molecule has 102 valence electrons. The molecule has 0 bridgehead atoms. The lowest BCUT2D eigenvalue weighted by Gasteiger charge is -2.07. The molecule has 0 fully saturated rings. The van der Waals surface area contributed by atoms with E-state index in [0.717, 1.165) is 0 Å². The van der Waals surface area contributed by atoms with Crippen LogP contribution in [0.4, 0.5) is 10.1 Å². The fourth-order valence-electron chi connectivity index (χ4n) is 1.47. The zero-order valence-electron chi connectivity index (χ0n) is 10.6. The third-order valence-corrected chi connectivity index (χ3v) is 2.75. The normalized spacial score (nSPS) is 10.1. The van der Waals surface area contributed by atoms with Gasteiger partial charge >= 0.3 is 0 Å². The first kappa shape index (κ1) is 14.0.